The third-order valence-electron chi connectivity index (χ3n) is 12.0. The van der Waals surface area contributed by atoms with Crippen molar-refractivity contribution in [1.82, 2.24) is 19.1 Å². The Bertz CT molecular complexity index is 1970. The Hall–Kier alpha value is -3.58. The molecule has 3 aliphatic heterocycles. The Morgan fingerprint density at radius 2 is 1.72 bits per heavy atom. The minimum absolute atomic E-state index is 0.0152. The molecule has 8 rings (SSSR count). The number of carbonyl (C=O) groups excluding carboxylic acids is 2. The van der Waals surface area contributed by atoms with Crippen LogP contribution in [0.4, 0.5) is 13.2 Å². The zero-order valence-corrected chi connectivity index (χ0v) is 29.2. The number of nitrogens with one attached hydrogen (secondary N) is 1. The van der Waals surface area contributed by atoms with Crippen molar-refractivity contribution in [3.63, 3.8) is 0 Å². The molecule has 5 aliphatic rings. The second kappa shape index (κ2) is 12.0. The standard InChI is InChI=1S/C37H43F3N4O5S/c1-42-19-24-9-10-25(20-42)44(24)35(46)36-18-30(36)29-17-26(49-2)11-13-27(29)33-32(22-6-4-3-5-7-22)28-12-8-23(16-31(28)43(33)21-36)34(45)41-50(47,48)15-14-37(38,39)40/h8,11-13,16-17,22,24-25,30H,3-7,9-10,14-15,18-21H2,1-2H3,(H,41,45). The number of benzene rings is 2. The molecule has 9 nitrogen and oxygen atoms in total. The normalized spacial score (nSPS) is 26.6. The highest BCUT2D eigenvalue weighted by molar-refractivity contribution is 7.90. The lowest BCUT2D eigenvalue weighted by atomic mass is 9.81. The molecule has 0 spiro atoms. The molecule has 1 aromatic heterocycles. The third-order valence-corrected chi connectivity index (χ3v) is 13.2. The van der Waals surface area contributed by atoms with Crippen molar-refractivity contribution in [1.29, 1.82) is 0 Å². The molecule has 2 amide bonds. The van der Waals surface area contributed by atoms with Gasteiger partial charge >= 0.3 is 6.18 Å². The lowest BCUT2D eigenvalue weighted by molar-refractivity contribution is -0.143. The second-order valence-electron chi connectivity index (χ2n) is 15.2. The summed E-state index contributed by atoms with van der Waals surface area (Å²) in [6, 6.07) is 11.5. The molecule has 4 heterocycles. The minimum atomic E-state index is -4.67. The van der Waals surface area contributed by atoms with E-state index in [0.29, 0.717) is 13.0 Å². The number of methoxy groups -OCH3 is 1. The molecule has 4 atom stereocenters. The van der Waals surface area contributed by atoms with Gasteiger partial charge in [-0.2, -0.15) is 13.2 Å². The van der Waals surface area contributed by atoms with E-state index < -0.39 is 39.7 Å². The number of alkyl halides is 3. The number of aromatic nitrogens is 1. The van der Waals surface area contributed by atoms with Gasteiger partial charge in [0.25, 0.3) is 5.91 Å². The van der Waals surface area contributed by atoms with Crippen molar-refractivity contribution >= 4 is 32.7 Å². The number of rotatable bonds is 7. The first kappa shape index (κ1) is 33.6. The van der Waals surface area contributed by atoms with Gasteiger partial charge in [0, 0.05) is 59.7 Å². The number of halogens is 3. The first-order valence-corrected chi connectivity index (χ1v) is 19.4. The van der Waals surface area contributed by atoms with Gasteiger partial charge in [0.1, 0.15) is 5.75 Å². The number of hydrogen-bond donors (Lipinski definition) is 1. The fourth-order valence-electron chi connectivity index (χ4n) is 9.63. The first-order valence-electron chi connectivity index (χ1n) is 17.8. The first-order chi connectivity index (χ1) is 23.8. The maximum absolute atomic E-state index is 15.0. The van der Waals surface area contributed by atoms with Crippen molar-refractivity contribution < 1.29 is 35.9 Å². The Kier molecular flexibility index (Phi) is 8.05. The molecule has 13 heteroatoms. The highest BCUT2D eigenvalue weighted by Gasteiger charge is 2.65. The molecule has 0 radical (unpaired) electrons. The van der Waals surface area contributed by atoms with Crippen LogP contribution in [0, 0.1) is 5.41 Å². The number of likely N-dealkylation sites (N-methyl/N-ethyl adjacent to an activating group) is 1. The number of likely N-dealkylation sites (tertiary alicyclic amines) is 1. The van der Waals surface area contributed by atoms with Crippen LogP contribution in [0.15, 0.2) is 36.4 Å². The van der Waals surface area contributed by atoms with Crippen LogP contribution in [0.1, 0.15) is 91.1 Å². The van der Waals surface area contributed by atoms with Gasteiger partial charge in [0.2, 0.25) is 15.9 Å². The smallest absolute Gasteiger partial charge is 0.390 e. The van der Waals surface area contributed by atoms with Crippen LogP contribution >= 0.6 is 0 Å². The molecule has 2 aliphatic carbocycles. The summed E-state index contributed by atoms with van der Waals surface area (Å²) in [7, 11) is -0.777. The summed E-state index contributed by atoms with van der Waals surface area (Å²) in [6.07, 6.45) is 1.81. The fraction of sp³-hybridized carbons (Fsp3) is 0.568. The van der Waals surface area contributed by atoms with Crippen molar-refractivity contribution in [2.75, 3.05) is 33.0 Å². The quantitative estimate of drug-likeness (QED) is 0.315. The predicted octanol–water partition coefficient (Wildman–Crippen LogP) is 6.17. The Labute approximate surface area is 290 Å². The summed E-state index contributed by atoms with van der Waals surface area (Å²) < 4.78 is 73.2. The SMILES string of the molecule is COc1ccc2c(c1)C1CC1(C(=O)N1C3CCC1CN(C)C3)Cn1c-2c(C2CCCCC2)c2ccc(C(=O)NS(=O)(=O)CCC(F)(F)F)cc21. The van der Waals surface area contributed by atoms with Gasteiger partial charge in [-0.15, -0.1) is 0 Å². The van der Waals surface area contributed by atoms with Gasteiger partial charge in [0.05, 0.1) is 30.4 Å². The van der Waals surface area contributed by atoms with E-state index >= 15 is 0 Å². The number of piperazine rings is 1. The van der Waals surface area contributed by atoms with Crippen LogP contribution in [0.5, 0.6) is 5.75 Å². The number of ether oxygens (including phenoxy) is 1. The average Bonchev–Trinajstić information content (AvgIpc) is 3.67. The molecule has 2 bridgehead atoms. The second-order valence-corrected chi connectivity index (χ2v) is 17.1. The maximum Gasteiger partial charge on any atom is 0.390 e. The number of nitrogens with zero attached hydrogens (tertiary/aromatic N) is 3. The van der Waals surface area contributed by atoms with E-state index in [1.807, 2.05) is 16.9 Å². The highest BCUT2D eigenvalue weighted by Crippen LogP contribution is 2.66. The van der Waals surface area contributed by atoms with Crippen LogP contribution < -0.4 is 9.46 Å². The molecule has 2 saturated carbocycles. The van der Waals surface area contributed by atoms with Gasteiger partial charge in [-0.25, -0.2) is 13.1 Å². The summed E-state index contributed by atoms with van der Waals surface area (Å²) in [4.78, 5) is 32.8. The predicted molar refractivity (Wildman–Crippen MR) is 183 cm³/mol. The molecule has 4 unspecified atom stereocenters. The molecule has 3 aromatic rings. The lowest BCUT2D eigenvalue weighted by Crippen LogP contribution is -2.57. The summed E-state index contributed by atoms with van der Waals surface area (Å²) in [5.74, 6) is -1.07. The Balaban J connectivity index is 1.27. The summed E-state index contributed by atoms with van der Waals surface area (Å²) in [6.45, 7) is 2.11. The average molecular weight is 713 g/mol. The molecular formula is C37H43F3N4O5S. The molecule has 2 aromatic carbocycles. The van der Waals surface area contributed by atoms with Crippen molar-refractivity contribution in [3.05, 3.63) is 53.1 Å². The summed E-state index contributed by atoms with van der Waals surface area (Å²) in [5, 5.41) is 0.950. The Morgan fingerprint density at radius 3 is 2.40 bits per heavy atom. The van der Waals surface area contributed by atoms with Crippen molar-refractivity contribution in [2.45, 2.75) is 94.4 Å². The molecule has 4 fully saturated rings. The van der Waals surface area contributed by atoms with Crippen LogP contribution in [-0.2, 0) is 21.4 Å². The van der Waals surface area contributed by atoms with E-state index in [4.69, 9.17) is 4.74 Å². The van der Waals surface area contributed by atoms with E-state index in [1.54, 1.807) is 19.2 Å². The van der Waals surface area contributed by atoms with Gasteiger partial charge < -0.3 is 19.1 Å². The maximum atomic E-state index is 15.0. The number of fused-ring (bicyclic) bond motifs is 9. The lowest BCUT2D eigenvalue weighted by Gasteiger charge is -2.41. The van der Waals surface area contributed by atoms with Crippen LogP contribution in [-0.4, -0.2) is 85.9 Å². The van der Waals surface area contributed by atoms with Crippen molar-refractivity contribution in [2.24, 2.45) is 5.41 Å². The monoisotopic (exact) mass is 712 g/mol. The highest BCUT2D eigenvalue weighted by atomic mass is 32.2. The van der Waals surface area contributed by atoms with E-state index in [1.165, 1.54) is 12.0 Å². The molecule has 50 heavy (non-hydrogen) atoms. The van der Waals surface area contributed by atoms with Crippen LogP contribution in [0.2, 0.25) is 0 Å². The molecule has 268 valence electrons. The van der Waals surface area contributed by atoms with Gasteiger partial charge in [-0.05, 0) is 86.5 Å². The largest absolute Gasteiger partial charge is 0.497 e. The Morgan fingerprint density at radius 1 is 1.00 bits per heavy atom. The van der Waals surface area contributed by atoms with E-state index in [-0.39, 0.29) is 35.4 Å². The third kappa shape index (κ3) is 5.68. The van der Waals surface area contributed by atoms with Crippen LogP contribution in [0.25, 0.3) is 22.2 Å². The zero-order valence-electron chi connectivity index (χ0n) is 28.4. The van der Waals surface area contributed by atoms with E-state index in [2.05, 4.69) is 33.5 Å². The van der Waals surface area contributed by atoms with Crippen molar-refractivity contribution in [3.8, 4) is 17.0 Å². The zero-order chi connectivity index (χ0) is 35.2. The number of amides is 2. The molecule has 2 saturated heterocycles. The fourth-order valence-corrected chi connectivity index (χ4v) is 10.6. The van der Waals surface area contributed by atoms with Crippen LogP contribution in [0.3, 0.4) is 0 Å². The number of hydrogen-bond acceptors (Lipinski definition) is 6. The minimum Gasteiger partial charge on any atom is -0.497 e. The number of sulfonamides is 1. The summed E-state index contributed by atoms with van der Waals surface area (Å²) >= 11 is 0. The van der Waals surface area contributed by atoms with Gasteiger partial charge in [-0.3, -0.25) is 9.59 Å². The molecular weight excluding hydrogens is 669 g/mol. The van der Waals surface area contributed by atoms with Gasteiger partial charge in [0.15, 0.2) is 0 Å². The van der Waals surface area contributed by atoms with Gasteiger partial charge in [-0.1, -0.05) is 25.3 Å². The van der Waals surface area contributed by atoms with E-state index in [0.717, 1.165) is 85.1 Å². The summed E-state index contributed by atoms with van der Waals surface area (Å²) in [5.41, 5.74) is 4.41. The number of carbonyl (C=O) groups is 2. The van der Waals surface area contributed by atoms with E-state index in [9.17, 15) is 31.2 Å². The molecule has 1 N–H and O–H groups in total. The topological polar surface area (TPSA) is 101 Å².